The van der Waals surface area contributed by atoms with Crippen LogP contribution in [0.5, 0.6) is 5.75 Å². The molecule has 2 aromatic rings. The minimum absolute atomic E-state index is 0.142. The molecule has 1 heterocycles. The summed E-state index contributed by atoms with van der Waals surface area (Å²) in [6.07, 6.45) is 0.881. The standard InChI is InChI=1S/C8H8O3/c1-2-5-3-4-6(9)8-7(5)10-11-8/h3-4,9H,2H2,1H3. The second-order valence-corrected chi connectivity index (χ2v) is 2.42. The Morgan fingerprint density at radius 1 is 1.27 bits per heavy atom. The Morgan fingerprint density at radius 2 is 2.00 bits per heavy atom. The maximum Gasteiger partial charge on any atom is 0.267 e. The number of hydrogen-bond acceptors (Lipinski definition) is 3. The summed E-state index contributed by atoms with van der Waals surface area (Å²) < 4.78 is 9.32. The van der Waals surface area contributed by atoms with Crippen LogP contribution in [-0.2, 0) is 6.42 Å². The molecule has 3 heteroatoms. The van der Waals surface area contributed by atoms with Crippen molar-refractivity contribution in [1.29, 1.82) is 0 Å². The van der Waals surface area contributed by atoms with E-state index < -0.39 is 0 Å². The summed E-state index contributed by atoms with van der Waals surface area (Å²) in [5, 5.41) is 9.17. The van der Waals surface area contributed by atoms with E-state index in [1.807, 2.05) is 13.0 Å². The van der Waals surface area contributed by atoms with Crippen LogP contribution >= 0.6 is 0 Å². The summed E-state index contributed by atoms with van der Waals surface area (Å²) >= 11 is 0. The van der Waals surface area contributed by atoms with Gasteiger partial charge in [0.2, 0.25) is 5.58 Å². The van der Waals surface area contributed by atoms with Gasteiger partial charge >= 0.3 is 0 Å². The van der Waals surface area contributed by atoms with E-state index in [0.717, 1.165) is 12.0 Å². The molecule has 11 heavy (non-hydrogen) atoms. The normalized spacial score (nSPS) is 11.0. The minimum atomic E-state index is 0.142. The first-order valence-corrected chi connectivity index (χ1v) is 3.52. The van der Waals surface area contributed by atoms with Gasteiger partial charge in [0.25, 0.3) is 5.58 Å². The molecule has 0 fully saturated rings. The summed E-state index contributed by atoms with van der Waals surface area (Å²) in [4.78, 5) is 0. The fourth-order valence-corrected chi connectivity index (χ4v) is 1.09. The molecule has 0 aliphatic heterocycles. The lowest BCUT2D eigenvalue weighted by molar-refractivity contribution is 0.0557. The Morgan fingerprint density at radius 3 is 2.55 bits per heavy atom. The molecule has 2 rings (SSSR count). The number of benzene rings is 1. The van der Waals surface area contributed by atoms with Crippen molar-refractivity contribution >= 4 is 11.2 Å². The zero-order valence-electron chi connectivity index (χ0n) is 6.13. The van der Waals surface area contributed by atoms with E-state index >= 15 is 0 Å². The lowest BCUT2D eigenvalue weighted by Crippen LogP contribution is -1.85. The molecule has 0 bridgehead atoms. The fraction of sp³-hybridized carbons (Fsp3) is 0.250. The average Bonchev–Trinajstić information content (AvgIpc) is 1.93. The van der Waals surface area contributed by atoms with Crippen LogP contribution in [0.3, 0.4) is 0 Å². The molecule has 0 atom stereocenters. The highest BCUT2D eigenvalue weighted by molar-refractivity contribution is 5.80. The molecule has 58 valence electrons. The second kappa shape index (κ2) is 2.05. The third kappa shape index (κ3) is 0.738. The van der Waals surface area contributed by atoms with Crippen molar-refractivity contribution in [1.82, 2.24) is 0 Å². The number of aromatic hydroxyl groups is 1. The van der Waals surface area contributed by atoms with Crippen molar-refractivity contribution in [3.05, 3.63) is 17.7 Å². The monoisotopic (exact) mass is 152 g/mol. The summed E-state index contributed by atoms with van der Waals surface area (Å²) in [6.45, 7) is 2.02. The minimum Gasteiger partial charge on any atom is -0.504 e. The summed E-state index contributed by atoms with van der Waals surface area (Å²) in [5.74, 6) is 0.142. The highest BCUT2D eigenvalue weighted by Gasteiger charge is 2.13. The van der Waals surface area contributed by atoms with Crippen LogP contribution in [0.2, 0.25) is 0 Å². The van der Waals surface area contributed by atoms with Crippen LogP contribution in [0, 0.1) is 0 Å². The van der Waals surface area contributed by atoms with Crippen LogP contribution in [-0.4, -0.2) is 5.11 Å². The van der Waals surface area contributed by atoms with Gasteiger partial charge in [-0.3, -0.25) is 9.15 Å². The van der Waals surface area contributed by atoms with Gasteiger partial charge in [-0.25, -0.2) is 0 Å². The van der Waals surface area contributed by atoms with Crippen molar-refractivity contribution in [2.45, 2.75) is 13.3 Å². The molecule has 0 saturated heterocycles. The van der Waals surface area contributed by atoms with Crippen LogP contribution in [0.1, 0.15) is 12.5 Å². The smallest absolute Gasteiger partial charge is 0.267 e. The second-order valence-electron chi connectivity index (χ2n) is 2.42. The van der Waals surface area contributed by atoms with E-state index in [4.69, 9.17) is 9.68 Å². The fourth-order valence-electron chi connectivity index (χ4n) is 1.09. The molecule has 0 amide bonds. The predicted octanol–water partition coefficient (Wildman–Crippen LogP) is 2.29. The Hall–Kier alpha value is -1.38. The first-order valence-electron chi connectivity index (χ1n) is 3.52. The third-order valence-electron chi connectivity index (χ3n) is 1.76. The Bertz CT molecular complexity index is 369. The number of phenols is 1. The van der Waals surface area contributed by atoms with E-state index in [1.165, 1.54) is 0 Å². The van der Waals surface area contributed by atoms with Gasteiger partial charge in [0.05, 0.1) is 0 Å². The van der Waals surface area contributed by atoms with Crippen molar-refractivity contribution in [3.8, 4) is 5.75 Å². The lowest BCUT2D eigenvalue weighted by atomic mass is 10.1. The first kappa shape index (κ1) is 6.34. The number of rotatable bonds is 1. The van der Waals surface area contributed by atoms with Crippen LogP contribution in [0.15, 0.2) is 21.3 Å². The van der Waals surface area contributed by atoms with Gasteiger partial charge in [0.1, 0.15) is 0 Å². The van der Waals surface area contributed by atoms with E-state index in [-0.39, 0.29) is 5.75 Å². The van der Waals surface area contributed by atoms with Crippen LogP contribution in [0.4, 0.5) is 0 Å². The van der Waals surface area contributed by atoms with Crippen LogP contribution in [0.25, 0.3) is 11.2 Å². The van der Waals surface area contributed by atoms with E-state index in [1.54, 1.807) is 6.07 Å². The molecular weight excluding hydrogens is 144 g/mol. The average molecular weight is 152 g/mol. The van der Waals surface area contributed by atoms with Gasteiger partial charge in [-0.15, -0.1) is 0 Å². The molecule has 0 aliphatic carbocycles. The topological polar surface area (TPSA) is 46.5 Å². The largest absolute Gasteiger partial charge is 0.504 e. The summed E-state index contributed by atoms with van der Waals surface area (Å²) in [6, 6.07) is 3.44. The summed E-state index contributed by atoms with van der Waals surface area (Å²) in [5.41, 5.74) is 2.20. The van der Waals surface area contributed by atoms with Crippen molar-refractivity contribution in [3.63, 3.8) is 0 Å². The molecular formula is C8H8O3. The first-order chi connectivity index (χ1) is 5.33. The Labute approximate surface area is 63.2 Å². The molecule has 1 aromatic heterocycles. The van der Waals surface area contributed by atoms with Crippen molar-refractivity contribution in [2.24, 2.45) is 0 Å². The number of phenolic OH excluding ortho intramolecular Hbond substituents is 1. The molecule has 0 radical (unpaired) electrons. The zero-order valence-corrected chi connectivity index (χ0v) is 6.13. The zero-order chi connectivity index (χ0) is 7.84. The summed E-state index contributed by atoms with van der Waals surface area (Å²) in [7, 11) is 0. The van der Waals surface area contributed by atoms with E-state index in [0.29, 0.717) is 11.2 Å². The van der Waals surface area contributed by atoms with Gasteiger partial charge in [0.15, 0.2) is 5.75 Å². The molecule has 0 spiro atoms. The van der Waals surface area contributed by atoms with Gasteiger partial charge in [-0.1, -0.05) is 13.0 Å². The van der Waals surface area contributed by atoms with Crippen molar-refractivity contribution in [2.75, 3.05) is 0 Å². The molecule has 1 aromatic carbocycles. The maximum atomic E-state index is 9.17. The quantitative estimate of drug-likeness (QED) is 0.637. The van der Waals surface area contributed by atoms with E-state index in [2.05, 4.69) is 4.58 Å². The SMILES string of the molecule is CCc1ccc(O)c2ooc12. The van der Waals surface area contributed by atoms with Gasteiger partial charge in [-0.05, 0) is 12.5 Å². The highest BCUT2D eigenvalue weighted by Crippen LogP contribution is 2.30. The molecule has 1 N–H and O–H groups in total. The molecule has 0 saturated carbocycles. The Kier molecular flexibility index (Phi) is 1.18. The van der Waals surface area contributed by atoms with Crippen LogP contribution < -0.4 is 0 Å². The van der Waals surface area contributed by atoms with Gasteiger partial charge < -0.3 is 5.11 Å². The van der Waals surface area contributed by atoms with E-state index in [9.17, 15) is 0 Å². The molecule has 3 nitrogen and oxygen atoms in total. The van der Waals surface area contributed by atoms with Gasteiger partial charge in [-0.2, -0.15) is 0 Å². The third-order valence-corrected chi connectivity index (χ3v) is 1.76. The highest BCUT2D eigenvalue weighted by atomic mass is 17.0. The van der Waals surface area contributed by atoms with Crippen molar-refractivity contribution < 1.29 is 14.3 Å². The van der Waals surface area contributed by atoms with Gasteiger partial charge in [0, 0.05) is 5.56 Å². The number of aryl methyl sites for hydroxylation is 1. The molecule has 0 unspecified atom stereocenters. The number of fused-ring (bicyclic) bond motifs is 1. The lowest BCUT2D eigenvalue weighted by Gasteiger charge is -2.03. The Balaban J connectivity index is 2.70. The maximum absolute atomic E-state index is 9.17. The number of hydrogen-bond donors (Lipinski definition) is 1. The predicted molar refractivity (Wildman–Crippen MR) is 39.5 cm³/mol. The molecule has 0 aliphatic rings.